The van der Waals surface area contributed by atoms with Crippen LogP contribution in [0.3, 0.4) is 0 Å². The average Bonchev–Trinajstić information content (AvgIpc) is 2.37. The van der Waals surface area contributed by atoms with Crippen molar-refractivity contribution in [2.75, 3.05) is 0 Å². The largest absolute Gasteiger partial charge is 0.387 e. The molecule has 1 rings (SSSR count). The molecule has 1 amide bonds. The molecule has 0 aliphatic rings. The molecule has 18 heavy (non-hydrogen) atoms. The molecule has 0 aliphatic heterocycles. The molecule has 0 saturated carbocycles. The molecule has 0 bridgehead atoms. The van der Waals surface area contributed by atoms with Gasteiger partial charge in [0.05, 0.1) is 12.0 Å². The lowest BCUT2D eigenvalue weighted by Crippen LogP contribution is -2.39. The van der Waals surface area contributed by atoms with E-state index in [4.69, 9.17) is 11.1 Å². The van der Waals surface area contributed by atoms with Gasteiger partial charge in [0.1, 0.15) is 5.84 Å². The van der Waals surface area contributed by atoms with E-state index in [1.807, 2.05) is 44.2 Å². The molecule has 0 fully saturated rings. The smallest absolute Gasteiger partial charge is 0.231 e. The summed E-state index contributed by atoms with van der Waals surface area (Å²) in [6.07, 6.45) is 1.36. The number of nitrogens with two attached hydrogens (primary N) is 1. The zero-order valence-electron chi connectivity index (χ0n) is 10.9. The van der Waals surface area contributed by atoms with Gasteiger partial charge >= 0.3 is 0 Å². The van der Waals surface area contributed by atoms with Crippen molar-refractivity contribution in [2.24, 2.45) is 11.7 Å². The van der Waals surface area contributed by atoms with E-state index in [1.165, 1.54) is 0 Å². The van der Waals surface area contributed by atoms with Crippen molar-refractivity contribution in [3.05, 3.63) is 35.9 Å². The third kappa shape index (κ3) is 3.58. The van der Waals surface area contributed by atoms with Crippen molar-refractivity contribution in [3.63, 3.8) is 0 Å². The van der Waals surface area contributed by atoms with Crippen LogP contribution >= 0.6 is 0 Å². The third-order valence-corrected chi connectivity index (χ3v) is 3.03. The summed E-state index contributed by atoms with van der Waals surface area (Å²) < 4.78 is 0. The Morgan fingerprint density at radius 3 is 2.33 bits per heavy atom. The second-order valence-corrected chi connectivity index (χ2v) is 4.30. The van der Waals surface area contributed by atoms with E-state index in [0.29, 0.717) is 6.42 Å². The van der Waals surface area contributed by atoms with Gasteiger partial charge in [-0.25, -0.2) is 0 Å². The van der Waals surface area contributed by atoms with Crippen LogP contribution in [0, 0.1) is 11.3 Å². The molecule has 0 saturated heterocycles. The summed E-state index contributed by atoms with van der Waals surface area (Å²) in [4.78, 5) is 12.0. The van der Waals surface area contributed by atoms with Gasteiger partial charge in [-0.1, -0.05) is 44.2 Å². The molecule has 2 atom stereocenters. The average molecular weight is 247 g/mol. The fraction of sp³-hybridized carbons (Fsp3) is 0.429. The topological polar surface area (TPSA) is 79.0 Å². The SMILES string of the molecule is CC[C@@H](C(=N)N)C(=O)N[C@H](CC)c1ccccc1. The minimum Gasteiger partial charge on any atom is -0.387 e. The quantitative estimate of drug-likeness (QED) is 0.532. The first kappa shape index (κ1) is 14.2. The van der Waals surface area contributed by atoms with Crippen LogP contribution in [0.25, 0.3) is 0 Å². The van der Waals surface area contributed by atoms with Crippen molar-refractivity contribution < 1.29 is 4.79 Å². The zero-order valence-corrected chi connectivity index (χ0v) is 10.9. The molecule has 1 aromatic carbocycles. The molecule has 0 heterocycles. The highest BCUT2D eigenvalue weighted by atomic mass is 16.2. The fourth-order valence-electron chi connectivity index (χ4n) is 1.93. The Balaban J connectivity index is 2.75. The van der Waals surface area contributed by atoms with Crippen LogP contribution in [0.1, 0.15) is 38.3 Å². The normalized spacial score (nSPS) is 13.7. The van der Waals surface area contributed by atoms with Gasteiger partial charge in [0.25, 0.3) is 0 Å². The summed E-state index contributed by atoms with van der Waals surface area (Å²) in [5.74, 6) is -0.763. The molecule has 4 heteroatoms. The van der Waals surface area contributed by atoms with E-state index in [-0.39, 0.29) is 17.8 Å². The molecule has 0 radical (unpaired) electrons. The second-order valence-electron chi connectivity index (χ2n) is 4.30. The van der Waals surface area contributed by atoms with Crippen molar-refractivity contribution in [2.45, 2.75) is 32.7 Å². The highest BCUT2D eigenvalue weighted by molar-refractivity contribution is 6.00. The number of amidine groups is 1. The first-order chi connectivity index (χ1) is 8.60. The van der Waals surface area contributed by atoms with Gasteiger partial charge < -0.3 is 11.1 Å². The first-order valence-electron chi connectivity index (χ1n) is 6.29. The molecule has 0 unspecified atom stereocenters. The van der Waals surface area contributed by atoms with Crippen molar-refractivity contribution in [1.29, 1.82) is 5.41 Å². The highest BCUT2D eigenvalue weighted by Crippen LogP contribution is 2.17. The van der Waals surface area contributed by atoms with Crippen LogP contribution in [0.15, 0.2) is 30.3 Å². The van der Waals surface area contributed by atoms with Gasteiger partial charge in [0.2, 0.25) is 5.91 Å². The highest BCUT2D eigenvalue weighted by Gasteiger charge is 2.22. The Morgan fingerprint density at radius 1 is 1.28 bits per heavy atom. The predicted molar refractivity (Wildman–Crippen MR) is 73.3 cm³/mol. The molecule has 0 aromatic heterocycles. The summed E-state index contributed by atoms with van der Waals surface area (Å²) in [7, 11) is 0. The maximum atomic E-state index is 12.0. The van der Waals surface area contributed by atoms with Crippen molar-refractivity contribution in [3.8, 4) is 0 Å². The number of hydrogen-bond acceptors (Lipinski definition) is 2. The second kappa shape index (κ2) is 6.79. The van der Waals surface area contributed by atoms with Crippen LogP contribution in [0.2, 0.25) is 0 Å². The third-order valence-electron chi connectivity index (χ3n) is 3.03. The summed E-state index contributed by atoms with van der Waals surface area (Å²) in [5, 5.41) is 10.4. The zero-order chi connectivity index (χ0) is 13.5. The summed E-state index contributed by atoms with van der Waals surface area (Å²) in [6.45, 7) is 3.88. The number of nitrogens with one attached hydrogen (secondary N) is 2. The van der Waals surface area contributed by atoms with E-state index in [0.717, 1.165) is 12.0 Å². The maximum Gasteiger partial charge on any atom is 0.231 e. The Morgan fingerprint density at radius 2 is 1.89 bits per heavy atom. The lowest BCUT2D eigenvalue weighted by molar-refractivity contribution is -0.123. The minimum atomic E-state index is -0.525. The van der Waals surface area contributed by atoms with E-state index in [2.05, 4.69) is 5.32 Å². The Bertz CT molecular complexity index is 403. The molecule has 0 aliphatic carbocycles. The fourth-order valence-corrected chi connectivity index (χ4v) is 1.93. The van der Waals surface area contributed by atoms with Gasteiger partial charge in [-0.2, -0.15) is 0 Å². The van der Waals surface area contributed by atoms with Crippen LogP contribution in [0.4, 0.5) is 0 Å². The van der Waals surface area contributed by atoms with Gasteiger partial charge in [0.15, 0.2) is 0 Å². The van der Waals surface area contributed by atoms with E-state index >= 15 is 0 Å². The standard InChI is InChI=1S/C14H21N3O/c1-3-11(13(15)16)14(18)17-12(4-2)10-8-6-5-7-9-10/h5-9,11-12H,3-4H2,1-2H3,(H3,15,16)(H,17,18)/t11-,12+/m0/s1. The number of benzene rings is 1. The summed E-state index contributed by atoms with van der Waals surface area (Å²) in [5.41, 5.74) is 6.50. The number of carbonyl (C=O) groups excluding carboxylic acids is 1. The van der Waals surface area contributed by atoms with Gasteiger partial charge in [-0.3, -0.25) is 10.2 Å². The van der Waals surface area contributed by atoms with Crippen molar-refractivity contribution in [1.82, 2.24) is 5.32 Å². The Labute approximate surface area is 108 Å². The van der Waals surface area contributed by atoms with Gasteiger partial charge in [0, 0.05) is 0 Å². The van der Waals surface area contributed by atoms with E-state index in [1.54, 1.807) is 0 Å². The van der Waals surface area contributed by atoms with Crippen LogP contribution in [-0.2, 0) is 4.79 Å². The monoisotopic (exact) mass is 247 g/mol. The van der Waals surface area contributed by atoms with Gasteiger partial charge in [-0.15, -0.1) is 0 Å². The van der Waals surface area contributed by atoms with E-state index < -0.39 is 5.92 Å². The molecule has 4 N–H and O–H groups in total. The van der Waals surface area contributed by atoms with Gasteiger partial charge in [-0.05, 0) is 18.4 Å². The van der Waals surface area contributed by atoms with Crippen LogP contribution in [0.5, 0.6) is 0 Å². The predicted octanol–water partition coefficient (Wildman–Crippen LogP) is 2.22. The molecule has 1 aromatic rings. The molecule has 98 valence electrons. The maximum absolute atomic E-state index is 12.0. The molecule has 0 spiro atoms. The van der Waals surface area contributed by atoms with Crippen LogP contribution < -0.4 is 11.1 Å². The minimum absolute atomic E-state index is 0.0212. The number of carbonyl (C=O) groups is 1. The summed E-state index contributed by atoms with van der Waals surface area (Å²) in [6, 6.07) is 9.81. The molecular formula is C14H21N3O. The Hall–Kier alpha value is -1.84. The molecular weight excluding hydrogens is 226 g/mol. The number of rotatable bonds is 6. The lowest BCUT2D eigenvalue weighted by Gasteiger charge is -2.21. The molecule has 4 nitrogen and oxygen atoms in total. The Kier molecular flexibility index (Phi) is 5.36. The number of hydrogen-bond donors (Lipinski definition) is 3. The van der Waals surface area contributed by atoms with E-state index in [9.17, 15) is 4.79 Å². The number of amides is 1. The summed E-state index contributed by atoms with van der Waals surface area (Å²) >= 11 is 0. The van der Waals surface area contributed by atoms with Crippen LogP contribution in [-0.4, -0.2) is 11.7 Å². The lowest BCUT2D eigenvalue weighted by atomic mass is 10.0. The first-order valence-corrected chi connectivity index (χ1v) is 6.29. The van der Waals surface area contributed by atoms with Crippen molar-refractivity contribution >= 4 is 11.7 Å².